The standard InChI is InChI=1S/C2H6N4O2/c3-1(4)6(5)2(7)8/h5H2,(H3,3,4)(H,7,8). The number of guanidine groups is 1. The van der Waals surface area contributed by atoms with Gasteiger partial charge in [-0.05, 0) is 0 Å². The van der Waals surface area contributed by atoms with Crippen molar-refractivity contribution in [3.8, 4) is 0 Å². The van der Waals surface area contributed by atoms with E-state index in [9.17, 15) is 4.79 Å². The minimum atomic E-state index is -1.45. The SMILES string of the molecule is N=C(N)N(N)C(=O)O. The summed E-state index contributed by atoms with van der Waals surface area (Å²) in [5, 5.41) is 14.5. The summed E-state index contributed by atoms with van der Waals surface area (Å²) in [5.74, 6) is 3.95. The molecule has 0 fully saturated rings. The van der Waals surface area contributed by atoms with Crippen LogP contribution in [0, 0.1) is 5.41 Å². The summed E-state index contributed by atoms with van der Waals surface area (Å²) >= 11 is 0. The zero-order valence-electron chi connectivity index (χ0n) is 3.96. The number of hydrogen-bond acceptors (Lipinski definition) is 3. The van der Waals surface area contributed by atoms with E-state index >= 15 is 0 Å². The summed E-state index contributed by atoms with van der Waals surface area (Å²) in [6.07, 6.45) is -1.45. The lowest BCUT2D eigenvalue weighted by molar-refractivity contribution is 0.169. The van der Waals surface area contributed by atoms with Gasteiger partial charge in [0.1, 0.15) is 0 Å². The number of hydrogen-bond donors (Lipinski definition) is 4. The van der Waals surface area contributed by atoms with E-state index < -0.39 is 12.1 Å². The van der Waals surface area contributed by atoms with E-state index in [-0.39, 0.29) is 5.01 Å². The molecule has 46 valence electrons. The van der Waals surface area contributed by atoms with Crippen molar-refractivity contribution < 1.29 is 9.90 Å². The topological polar surface area (TPSA) is 116 Å². The van der Waals surface area contributed by atoms with Crippen molar-refractivity contribution in [3.63, 3.8) is 0 Å². The van der Waals surface area contributed by atoms with Crippen molar-refractivity contribution in [3.05, 3.63) is 0 Å². The molecule has 0 saturated carbocycles. The van der Waals surface area contributed by atoms with Gasteiger partial charge in [-0.2, -0.15) is 5.01 Å². The van der Waals surface area contributed by atoms with E-state index in [0.717, 1.165) is 0 Å². The molecule has 0 spiro atoms. The molecule has 6 heteroatoms. The van der Waals surface area contributed by atoms with Gasteiger partial charge in [0, 0.05) is 0 Å². The van der Waals surface area contributed by atoms with Crippen molar-refractivity contribution in [2.24, 2.45) is 11.6 Å². The fourth-order valence-electron chi connectivity index (χ4n) is 0.103. The molecule has 0 aliphatic rings. The molecular weight excluding hydrogens is 112 g/mol. The van der Waals surface area contributed by atoms with Crippen molar-refractivity contribution in [2.75, 3.05) is 0 Å². The lowest BCUT2D eigenvalue weighted by atomic mass is 10.9. The molecule has 6 N–H and O–H groups in total. The number of carbonyl (C=O) groups is 1. The highest BCUT2D eigenvalue weighted by atomic mass is 16.4. The number of amides is 1. The van der Waals surface area contributed by atoms with Crippen molar-refractivity contribution in [1.29, 1.82) is 5.41 Å². The van der Waals surface area contributed by atoms with Gasteiger partial charge in [0.2, 0.25) is 5.96 Å². The van der Waals surface area contributed by atoms with Gasteiger partial charge in [-0.25, -0.2) is 10.6 Å². The lowest BCUT2D eigenvalue weighted by Gasteiger charge is -2.06. The second-order valence-corrected chi connectivity index (χ2v) is 1.04. The van der Waals surface area contributed by atoms with Crippen molar-refractivity contribution in [1.82, 2.24) is 5.01 Å². The Balaban J connectivity index is 3.83. The highest BCUT2D eigenvalue weighted by Gasteiger charge is 2.06. The first-order valence-corrected chi connectivity index (χ1v) is 1.67. The minimum absolute atomic E-state index is 0.111. The van der Waals surface area contributed by atoms with Gasteiger partial charge < -0.3 is 10.8 Å². The van der Waals surface area contributed by atoms with E-state index in [4.69, 9.17) is 10.5 Å². The molecule has 0 atom stereocenters. The monoisotopic (exact) mass is 118 g/mol. The molecule has 0 aliphatic heterocycles. The number of nitrogens with one attached hydrogen (secondary N) is 1. The van der Waals surface area contributed by atoms with E-state index in [1.807, 2.05) is 0 Å². The highest BCUT2D eigenvalue weighted by Crippen LogP contribution is 1.72. The Labute approximate surface area is 45.2 Å². The maximum Gasteiger partial charge on any atom is 0.428 e. The molecule has 0 unspecified atom stereocenters. The van der Waals surface area contributed by atoms with Crippen LogP contribution in [0.25, 0.3) is 0 Å². The predicted octanol–water partition coefficient (Wildman–Crippen LogP) is -1.27. The van der Waals surface area contributed by atoms with Crippen molar-refractivity contribution in [2.45, 2.75) is 0 Å². The van der Waals surface area contributed by atoms with Crippen LogP contribution in [-0.2, 0) is 0 Å². The number of carboxylic acid groups (broad SMARTS) is 1. The summed E-state index contributed by atoms with van der Waals surface area (Å²) in [6.45, 7) is 0. The zero-order chi connectivity index (χ0) is 6.73. The van der Waals surface area contributed by atoms with E-state index in [1.165, 1.54) is 0 Å². The van der Waals surface area contributed by atoms with Gasteiger partial charge in [-0.1, -0.05) is 0 Å². The molecule has 6 nitrogen and oxygen atoms in total. The second kappa shape index (κ2) is 2.12. The zero-order valence-corrected chi connectivity index (χ0v) is 3.96. The molecule has 0 aromatic rings. The normalized spacial score (nSPS) is 8.12. The van der Waals surface area contributed by atoms with Gasteiger partial charge in [0.25, 0.3) is 0 Å². The molecule has 8 heavy (non-hydrogen) atoms. The van der Waals surface area contributed by atoms with Crippen LogP contribution >= 0.6 is 0 Å². The fraction of sp³-hybridized carbons (Fsp3) is 0. The first-order valence-electron chi connectivity index (χ1n) is 1.67. The van der Waals surface area contributed by atoms with Crippen LogP contribution in [-0.4, -0.2) is 22.2 Å². The highest BCUT2D eigenvalue weighted by molar-refractivity contribution is 5.89. The van der Waals surface area contributed by atoms with Crippen LogP contribution in [0.15, 0.2) is 0 Å². The van der Waals surface area contributed by atoms with Crippen LogP contribution in [0.2, 0.25) is 0 Å². The van der Waals surface area contributed by atoms with Crippen LogP contribution in [0.4, 0.5) is 4.79 Å². The third-order valence-electron chi connectivity index (χ3n) is 0.466. The molecule has 0 radical (unpaired) electrons. The fourth-order valence-corrected chi connectivity index (χ4v) is 0.103. The summed E-state index contributed by atoms with van der Waals surface area (Å²) in [5.41, 5.74) is 4.64. The van der Waals surface area contributed by atoms with Gasteiger partial charge >= 0.3 is 6.09 Å². The van der Waals surface area contributed by atoms with Gasteiger partial charge in [-0.15, -0.1) is 0 Å². The molecule has 0 rings (SSSR count). The van der Waals surface area contributed by atoms with Crippen LogP contribution in [0.1, 0.15) is 0 Å². The van der Waals surface area contributed by atoms with E-state index in [1.54, 1.807) is 0 Å². The summed E-state index contributed by atoms with van der Waals surface area (Å²) in [7, 11) is 0. The Hall–Kier alpha value is -1.30. The molecule has 1 amide bonds. The second-order valence-electron chi connectivity index (χ2n) is 1.04. The van der Waals surface area contributed by atoms with Crippen molar-refractivity contribution >= 4 is 12.1 Å². The Kier molecular flexibility index (Phi) is 1.78. The third-order valence-corrected chi connectivity index (χ3v) is 0.466. The largest absolute Gasteiger partial charge is 0.464 e. The first kappa shape index (κ1) is 6.70. The van der Waals surface area contributed by atoms with Gasteiger partial charge in [0.05, 0.1) is 0 Å². The van der Waals surface area contributed by atoms with Crippen LogP contribution < -0.4 is 11.6 Å². The maximum absolute atomic E-state index is 9.72. The maximum atomic E-state index is 9.72. The van der Waals surface area contributed by atoms with Crippen LogP contribution in [0.3, 0.4) is 0 Å². The molecule has 0 saturated heterocycles. The average molecular weight is 118 g/mol. The number of rotatable bonds is 0. The Morgan fingerprint density at radius 1 is 1.75 bits per heavy atom. The molecular formula is C2H6N4O2. The Morgan fingerprint density at radius 2 is 2.12 bits per heavy atom. The number of nitrogens with zero attached hydrogens (tertiary/aromatic N) is 1. The van der Waals surface area contributed by atoms with Crippen LogP contribution in [0.5, 0.6) is 0 Å². The summed E-state index contributed by atoms with van der Waals surface area (Å²) in [6, 6.07) is 0. The van der Waals surface area contributed by atoms with E-state index in [0.29, 0.717) is 0 Å². The minimum Gasteiger partial charge on any atom is -0.464 e. The van der Waals surface area contributed by atoms with Gasteiger partial charge in [-0.3, -0.25) is 5.41 Å². The smallest absolute Gasteiger partial charge is 0.428 e. The molecule has 0 bridgehead atoms. The summed E-state index contributed by atoms with van der Waals surface area (Å²) in [4.78, 5) is 9.72. The Bertz CT molecular complexity index is 107. The number of hydrazine groups is 1. The van der Waals surface area contributed by atoms with E-state index in [2.05, 4.69) is 11.6 Å². The lowest BCUT2D eigenvalue weighted by Crippen LogP contribution is -2.45. The average Bonchev–Trinajstić information content (AvgIpc) is 1.64. The molecule has 0 aliphatic carbocycles. The Morgan fingerprint density at radius 3 is 2.12 bits per heavy atom. The molecule has 0 heterocycles. The number of nitrogens with two attached hydrogens (primary N) is 2. The third kappa shape index (κ3) is 1.43. The molecule has 0 aromatic heterocycles. The quantitative estimate of drug-likeness (QED) is 0.104. The molecule has 0 aromatic carbocycles. The predicted molar refractivity (Wildman–Crippen MR) is 26.0 cm³/mol. The summed E-state index contributed by atoms with van der Waals surface area (Å²) < 4.78 is 0. The van der Waals surface area contributed by atoms with Gasteiger partial charge in [0.15, 0.2) is 0 Å². The first-order chi connectivity index (χ1) is 3.55.